The van der Waals surface area contributed by atoms with E-state index in [4.69, 9.17) is 9.47 Å². The highest BCUT2D eigenvalue weighted by atomic mass is 16.5. The van der Waals surface area contributed by atoms with E-state index in [0.717, 1.165) is 42.9 Å². The van der Waals surface area contributed by atoms with Gasteiger partial charge in [-0.05, 0) is 84.3 Å². The van der Waals surface area contributed by atoms with Gasteiger partial charge >= 0.3 is 0 Å². The summed E-state index contributed by atoms with van der Waals surface area (Å²) in [6.07, 6.45) is 5.75. The molecule has 5 nitrogen and oxygen atoms in total. The summed E-state index contributed by atoms with van der Waals surface area (Å²) in [5, 5.41) is 13.6. The quantitative estimate of drug-likeness (QED) is 0.234. The van der Waals surface area contributed by atoms with E-state index in [2.05, 4.69) is 75.2 Å². The zero-order chi connectivity index (χ0) is 27.3. The minimum atomic E-state index is -0.453. The lowest BCUT2D eigenvalue weighted by atomic mass is 9.98. The predicted molar refractivity (Wildman–Crippen MR) is 156 cm³/mol. The Morgan fingerprint density at radius 1 is 0.892 bits per heavy atom. The van der Waals surface area contributed by atoms with Gasteiger partial charge in [-0.15, -0.1) is 0 Å². The number of nitriles is 1. The zero-order valence-corrected chi connectivity index (χ0v) is 24.3. The van der Waals surface area contributed by atoms with Gasteiger partial charge < -0.3 is 19.7 Å². The molecule has 0 unspecified atom stereocenters. The molecule has 0 amide bonds. The van der Waals surface area contributed by atoms with Gasteiger partial charge in [0.2, 0.25) is 0 Å². The Morgan fingerprint density at radius 2 is 1.62 bits per heavy atom. The van der Waals surface area contributed by atoms with Gasteiger partial charge in [-0.25, -0.2) is 0 Å². The van der Waals surface area contributed by atoms with E-state index in [1.54, 1.807) is 0 Å². The van der Waals surface area contributed by atoms with Crippen LogP contribution in [-0.2, 0) is 4.74 Å². The van der Waals surface area contributed by atoms with Crippen LogP contribution in [-0.4, -0.2) is 48.9 Å². The third-order valence-corrected chi connectivity index (χ3v) is 6.33. The Bertz CT molecular complexity index is 971. The molecule has 0 bridgehead atoms. The highest BCUT2D eigenvalue weighted by Gasteiger charge is 2.24. The first-order valence-corrected chi connectivity index (χ1v) is 14.0. The second kappa shape index (κ2) is 15.0. The van der Waals surface area contributed by atoms with Crippen LogP contribution in [0.4, 0.5) is 5.69 Å². The van der Waals surface area contributed by atoms with E-state index >= 15 is 0 Å². The minimum absolute atomic E-state index is 0.182. The summed E-state index contributed by atoms with van der Waals surface area (Å²) in [6.45, 7) is 19.6. The molecule has 0 fully saturated rings. The van der Waals surface area contributed by atoms with Crippen molar-refractivity contribution in [1.82, 2.24) is 4.90 Å². The highest BCUT2D eigenvalue weighted by molar-refractivity contribution is 5.74. The van der Waals surface area contributed by atoms with Gasteiger partial charge in [0.05, 0.1) is 12.2 Å². The second-order valence-corrected chi connectivity index (χ2v) is 11.4. The van der Waals surface area contributed by atoms with Crippen LogP contribution in [0.15, 0.2) is 42.5 Å². The van der Waals surface area contributed by atoms with Crippen molar-refractivity contribution in [2.75, 3.05) is 38.1 Å². The predicted octanol–water partition coefficient (Wildman–Crippen LogP) is 7.90. The Morgan fingerprint density at radius 3 is 2.24 bits per heavy atom. The van der Waals surface area contributed by atoms with Crippen LogP contribution < -0.4 is 10.1 Å². The lowest BCUT2D eigenvalue weighted by Gasteiger charge is -2.29. The Hall–Kier alpha value is -2.55. The van der Waals surface area contributed by atoms with Crippen LogP contribution in [0, 0.1) is 11.3 Å². The van der Waals surface area contributed by atoms with E-state index in [1.807, 2.05) is 32.0 Å². The number of nitrogens with one attached hydrogen (secondary N) is 1. The molecule has 0 saturated heterocycles. The minimum Gasteiger partial charge on any atom is -0.486 e. The molecule has 0 aliphatic rings. The van der Waals surface area contributed by atoms with Crippen molar-refractivity contribution in [3.05, 3.63) is 48.0 Å². The van der Waals surface area contributed by atoms with Crippen molar-refractivity contribution < 1.29 is 9.47 Å². The molecule has 0 radical (unpaired) electrons. The summed E-state index contributed by atoms with van der Waals surface area (Å²) in [4.78, 5) is 2.55. The van der Waals surface area contributed by atoms with Crippen LogP contribution in [0.3, 0.4) is 0 Å². The van der Waals surface area contributed by atoms with Gasteiger partial charge in [0.1, 0.15) is 23.0 Å². The number of nitrogens with zero attached hydrogens (tertiary/aromatic N) is 2. The van der Waals surface area contributed by atoms with Crippen molar-refractivity contribution >= 4 is 5.69 Å². The molecule has 0 aliphatic carbocycles. The molecule has 1 N–H and O–H groups in total. The largest absolute Gasteiger partial charge is 0.486 e. The fourth-order valence-corrected chi connectivity index (χ4v) is 4.29. The third-order valence-electron chi connectivity index (χ3n) is 6.33. The number of ether oxygens (including phenoxy) is 2. The molecule has 5 heteroatoms. The third kappa shape index (κ3) is 11.2. The zero-order valence-electron chi connectivity index (χ0n) is 24.3. The number of hydrogen-bond donors (Lipinski definition) is 1. The van der Waals surface area contributed by atoms with E-state index in [9.17, 15) is 5.26 Å². The Balaban J connectivity index is 2.03. The molecule has 37 heavy (non-hydrogen) atoms. The molecule has 2 aromatic carbocycles. The first-order valence-electron chi connectivity index (χ1n) is 14.0. The van der Waals surface area contributed by atoms with Gasteiger partial charge in [-0.2, -0.15) is 5.26 Å². The number of hydrogen-bond acceptors (Lipinski definition) is 5. The maximum atomic E-state index is 10.0. The Kier molecular flexibility index (Phi) is 12.4. The van der Waals surface area contributed by atoms with Crippen LogP contribution in [0.25, 0.3) is 11.1 Å². The van der Waals surface area contributed by atoms with Crippen molar-refractivity contribution in [2.45, 2.75) is 91.8 Å². The Labute approximate surface area is 226 Å². The van der Waals surface area contributed by atoms with Crippen LogP contribution >= 0.6 is 0 Å². The molecular formula is C32H49N3O2. The standard InChI is InChI=1S/C32H49N3O2/c1-8-10-11-22-35(21-9-2)23-20-34-27-17-15-26(16-18-27)28-13-12-14-30(29(28)25-33)37-32(6,7)19-24-36-31(3,4)5/h12-18,34H,8-11,19-24H2,1-7H3. The summed E-state index contributed by atoms with van der Waals surface area (Å²) < 4.78 is 12.2. The van der Waals surface area contributed by atoms with Crippen molar-refractivity contribution in [3.8, 4) is 22.9 Å². The molecule has 0 aliphatic heterocycles. The summed E-state index contributed by atoms with van der Waals surface area (Å²) in [5.74, 6) is 0.613. The fraction of sp³-hybridized carbons (Fsp3) is 0.594. The van der Waals surface area contributed by atoms with Gasteiger partial charge in [0.25, 0.3) is 0 Å². The molecule has 2 aromatic rings. The first-order chi connectivity index (χ1) is 17.6. The number of rotatable bonds is 16. The van der Waals surface area contributed by atoms with Crippen molar-refractivity contribution in [1.29, 1.82) is 5.26 Å². The van der Waals surface area contributed by atoms with Crippen LogP contribution in [0.5, 0.6) is 5.75 Å². The van der Waals surface area contributed by atoms with E-state index < -0.39 is 5.60 Å². The summed E-state index contributed by atoms with van der Waals surface area (Å²) in [7, 11) is 0. The first kappa shape index (κ1) is 30.7. The molecule has 2 rings (SSSR count). The molecule has 0 spiro atoms. The molecule has 204 valence electrons. The summed E-state index contributed by atoms with van der Waals surface area (Å²) in [6, 6.07) is 16.6. The van der Waals surface area contributed by atoms with E-state index in [-0.39, 0.29) is 5.60 Å². The lowest BCUT2D eigenvalue weighted by Crippen LogP contribution is -2.32. The van der Waals surface area contributed by atoms with Crippen LogP contribution in [0.2, 0.25) is 0 Å². The average Bonchev–Trinajstić information content (AvgIpc) is 2.83. The number of unbranched alkanes of at least 4 members (excludes halogenated alkanes) is 2. The maximum absolute atomic E-state index is 10.0. The average molecular weight is 508 g/mol. The van der Waals surface area contributed by atoms with Crippen molar-refractivity contribution in [3.63, 3.8) is 0 Å². The topological polar surface area (TPSA) is 57.5 Å². The number of anilines is 1. The normalized spacial score (nSPS) is 12.0. The maximum Gasteiger partial charge on any atom is 0.138 e. The van der Waals surface area contributed by atoms with Gasteiger partial charge in [-0.3, -0.25) is 0 Å². The molecular weight excluding hydrogens is 458 g/mol. The van der Waals surface area contributed by atoms with Gasteiger partial charge in [0.15, 0.2) is 0 Å². The highest BCUT2D eigenvalue weighted by Crippen LogP contribution is 2.33. The van der Waals surface area contributed by atoms with Crippen LogP contribution in [0.1, 0.15) is 86.1 Å². The monoisotopic (exact) mass is 507 g/mol. The SMILES string of the molecule is CCCCCN(CCC)CCNc1ccc(-c2cccc(OC(C)(C)CCOC(C)(C)C)c2C#N)cc1. The molecule has 0 heterocycles. The summed E-state index contributed by atoms with van der Waals surface area (Å²) in [5.41, 5.74) is 2.92. The van der Waals surface area contributed by atoms with Crippen molar-refractivity contribution in [2.24, 2.45) is 0 Å². The molecule has 0 saturated carbocycles. The molecule has 0 aromatic heterocycles. The van der Waals surface area contributed by atoms with E-state index in [1.165, 1.54) is 32.2 Å². The summed E-state index contributed by atoms with van der Waals surface area (Å²) >= 11 is 0. The van der Waals surface area contributed by atoms with Gasteiger partial charge in [-0.1, -0.05) is 51.0 Å². The van der Waals surface area contributed by atoms with E-state index in [0.29, 0.717) is 17.9 Å². The second-order valence-electron chi connectivity index (χ2n) is 11.4. The fourth-order valence-electron chi connectivity index (χ4n) is 4.29. The number of benzene rings is 2. The lowest BCUT2D eigenvalue weighted by molar-refractivity contribution is -0.0293. The molecule has 0 atom stereocenters. The smallest absolute Gasteiger partial charge is 0.138 e. The van der Waals surface area contributed by atoms with Gasteiger partial charge in [0, 0.05) is 30.8 Å².